The van der Waals surface area contributed by atoms with Gasteiger partial charge in [-0.15, -0.1) is 0 Å². The van der Waals surface area contributed by atoms with Crippen LogP contribution in [0.25, 0.3) is 10.8 Å². The van der Waals surface area contributed by atoms with Crippen molar-refractivity contribution in [2.24, 2.45) is 0 Å². The Balaban J connectivity index is 1.66. The first-order valence-electron chi connectivity index (χ1n) is 14.6. The molecular weight excluding hydrogens is 657 g/mol. The second-order valence-corrected chi connectivity index (χ2v) is 14.8. The fourth-order valence-corrected chi connectivity index (χ4v) is 7.84. The van der Waals surface area contributed by atoms with Crippen LogP contribution in [0.5, 0.6) is 5.75 Å². The Kier molecular flexibility index (Phi) is 9.73. The van der Waals surface area contributed by atoms with Gasteiger partial charge in [0.1, 0.15) is 25.4 Å². The van der Waals surface area contributed by atoms with Gasteiger partial charge < -0.3 is 14.9 Å². The number of ether oxygens (including phenoxy) is 1. The van der Waals surface area contributed by atoms with Gasteiger partial charge in [-0.25, -0.2) is 16.8 Å². The molecule has 0 saturated carbocycles. The third-order valence-electron chi connectivity index (χ3n) is 7.48. The number of benzene rings is 5. The van der Waals surface area contributed by atoms with E-state index >= 15 is 0 Å². The van der Waals surface area contributed by atoms with E-state index in [0.717, 1.165) is 21.9 Å². The summed E-state index contributed by atoms with van der Waals surface area (Å²) in [5.74, 6) is -3.08. The molecule has 48 heavy (non-hydrogen) atoms. The van der Waals surface area contributed by atoms with Crippen LogP contribution in [0.3, 0.4) is 0 Å². The Morgan fingerprint density at radius 2 is 1.15 bits per heavy atom. The van der Waals surface area contributed by atoms with E-state index in [1.54, 1.807) is 38.1 Å². The van der Waals surface area contributed by atoms with E-state index < -0.39 is 45.1 Å². The van der Waals surface area contributed by atoms with E-state index in [9.17, 15) is 36.6 Å². The quantitative estimate of drug-likeness (QED) is 0.161. The van der Waals surface area contributed by atoms with Crippen LogP contribution in [0, 0.1) is 13.8 Å². The molecule has 0 fully saturated rings. The molecule has 0 unspecified atom stereocenters. The van der Waals surface area contributed by atoms with E-state index in [1.165, 1.54) is 42.5 Å². The van der Waals surface area contributed by atoms with Crippen molar-refractivity contribution in [3.63, 3.8) is 0 Å². The van der Waals surface area contributed by atoms with Gasteiger partial charge in [0.05, 0.1) is 21.2 Å². The van der Waals surface area contributed by atoms with Crippen LogP contribution >= 0.6 is 0 Å². The van der Waals surface area contributed by atoms with Gasteiger partial charge in [0, 0.05) is 6.07 Å². The first-order valence-corrected chi connectivity index (χ1v) is 17.5. The summed E-state index contributed by atoms with van der Waals surface area (Å²) >= 11 is 0. The smallest absolute Gasteiger partial charge is 0.324 e. The molecule has 5 aromatic carbocycles. The van der Waals surface area contributed by atoms with E-state index in [1.807, 2.05) is 42.5 Å². The summed E-state index contributed by atoms with van der Waals surface area (Å²) in [7, 11) is -8.91. The molecule has 0 heterocycles. The zero-order valence-electron chi connectivity index (χ0n) is 26.0. The predicted octanol–water partition coefficient (Wildman–Crippen LogP) is 5.60. The summed E-state index contributed by atoms with van der Waals surface area (Å²) in [4.78, 5) is 23.6. The maximum Gasteiger partial charge on any atom is 0.324 e. The lowest BCUT2D eigenvalue weighted by Gasteiger charge is -2.28. The lowest BCUT2D eigenvalue weighted by atomic mass is 10.1. The van der Waals surface area contributed by atoms with Gasteiger partial charge in [-0.1, -0.05) is 71.8 Å². The van der Waals surface area contributed by atoms with E-state index in [4.69, 9.17) is 4.74 Å². The fourth-order valence-electron chi connectivity index (χ4n) is 5.00. The van der Waals surface area contributed by atoms with Crippen LogP contribution in [-0.2, 0) is 36.2 Å². The molecule has 0 saturated heterocycles. The average Bonchev–Trinajstić information content (AvgIpc) is 3.05. The average molecular weight is 689 g/mol. The molecule has 11 nitrogen and oxygen atoms in total. The van der Waals surface area contributed by atoms with Crippen LogP contribution in [0.2, 0.25) is 0 Å². The molecule has 2 N–H and O–H groups in total. The Hall–Kier alpha value is -5.40. The Bertz CT molecular complexity index is 2200. The van der Waals surface area contributed by atoms with Gasteiger partial charge in [-0.3, -0.25) is 18.2 Å². The lowest BCUT2D eigenvalue weighted by molar-refractivity contribution is -0.136. The second-order valence-electron chi connectivity index (χ2n) is 11.1. The zero-order chi connectivity index (χ0) is 34.6. The highest BCUT2D eigenvalue weighted by molar-refractivity contribution is 7.93. The number of carboxylic acid groups (broad SMARTS) is 2. The number of hydrogen-bond acceptors (Lipinski definition) is 7. The summed E-state index contributed by atoms with van der Waals surface area (Å²) in [5.41, 5.74) is 1.94. The van der Waals surface area contributed by atoms with Crippen molar-refractivity contribution in [3.05, 3.63) is 126 Å². The van der Waals surface area contributed by atoms with Gasteiger partial charge in [-0.05, 0) is 72.6 Å². The SMILES string of the molecule is Cc1ccc(S(=O)(=O)N(CC(=O)O)c2ccc(N(CC(=O)O)S(=O)(=O)c3ccc(C)cc3)c(OCc3ccc4ccccc4c3)c2)cc1. The number of carbonyl (C=O) groups is 2. The zero-order valence-corrected chi connectivity index (χ0v) is 27.6. The summed E-state index contributed by atoms with van der Waals surface area (Å²) in [6.07, 6.45) is 0. The van der Waals surface area contributed by atoms with Crippen molar-refractivity contribution in [1.29, 1.82) is 0 Å². The molecule has 13 heteroatoms. The van der Waals surface area contributed by atoms with Crippen molar-refractivity contribution >= 4 is 54.1 Å². The molecule has 0 radical (unpaired) electrons. The van der Waals surface area contributed by atoms with Crippen LogP contribution in [0.1, 0.15) is 16.7 Å². The molecule has 0 atom stereocenters. The first-order chi connectivity index (χ1) is 22.8. The summed E-state index contributed by atoms with van der Waals surface area (Å²) < 4.78 is 62.8. The van der Waals surface area contributed by atoms with Crippen LogP contribution in [0.15, 0.2) is 119 Å². The molecule has 5 rings (SSSR count). The normalized spacial score (nSPS) is 11.6. The molecule has 0 spiro atoms. The highest BCUT2D eigenvalue weighted by Crippen LogP contribution is 2.38. The van der Waals surface area contributed by atoms with Crippen LogP contribution in [0.4, 0.5) is 11.4 Å². The van der Waals surface area contributed by atoms with Crippen molar-refractivity contribution < 1.29 is 41.4 Å². The summed E-state index contributed by atoms with van der Waals surface area (Å²) in [6, 6.07) is 28.5. The predicted molar refractivity (Wildman–Crippen MR) is 181 cm³/mol. The maximum absolute atomic E-state index is 13.9. The van der Waals surface area contributed by atoms with Crippen molar-refractivity contribution in [3.8, 4) is 5.75 Å². The lowest BCUT2D eigenvalue weighted by Crippen LogP contribution is -2.37. The number of aryl methyl sites for hydroxylation is 2. The van der Waals surface area contributed by atoms with E-state index in [2.05, 4.69) is 0 Å². The van der Waals surface area contributed by atoms with Crippen molar-refractivity contribution in [2.45, 2.75) is 30.2 Å². The molecule has 0 aliphatic carbocycles. The number of rotatable bonds is 13. The van der Waals surface area contributed by atoms with Crippen LogP contribution < -0.4 is 13.3 Å². The minimum atomic E-state index is -4.48. The summed E-state index contributed by atoms with van der Waals surface area (Å²) in [5, 5.41) is 21.4. The highest BCUT2D eigenvalue weighted by atomic mass is 32.2. The topological polar surface area (TPSA) is 159 Å². The van der Waals surface area contributed by atoms with E-state index in [-0.39, 0.29) is 33.5 Å². The summed E-state index contributed by atoms with van der Waals surface area (Å²) in [6.45, 7) is 1.49. The molecule has 248 valence electrons. The molecule has 0 aromatic heterocycles. The minimum absolute atomic E-state index is 0.115. The number of fused-ring (bicyclic) bond motifs is 1. The number of sulfonamides is 2. The van der Waals surface area contributed by atoms with Gasteiger partial charge in [0.2, 0.25) is 0 Å². The Morgan fingerprint density at radius 3 is 1.71 bits per heavy atom. The minimum Gasteiger partial charge on any atom is -0.487 e. The number of aliphatic carboxylic acids is 2. The van der Waals surface area contributed by atoms with Gasteiger partial charge >= 0.3 is 11.9 Å². The Labute approximate surface area is 278 Å². The molecule has 0 amide bonds. The number of carboxylic acids is 2. The molecular formula is C35H32N2O9S2. The van der Waals surface area contributed by atoms with Crippen LogP contribution in [-0.4, -0.2) is 52.1 Å². The van der Waals surface area contributed by atoms with Crippen molar-refractivity contribution in [2.75, 3.05) is 21.7 Å². The molecule has 5 aromatic rings. The number of anilines is 2. The number of hydrogen-bond donors (Lipinski definition) is 2. The Morgan fingerprint density at radius 1 is 0.625 bits per heavy atom. The first kappa shape index (κ1) is 33.9. The fraction of sp³-hybridized carbons (Fsp3) is 0.143. The van der Waals surface area contributed by atoms with E-state index in [0.29, 0.717) is 14.2 Å². The van der Waals surface area contributed by atoms with Gasteiger partial charge in [-0.2, -0.15) is 0 Å². The molecule has 0 aliphatic rings. The van der Waals surface area contributed by atoms with Crippen molar-refractivity contribution in [1.82, 2.24) is 0 Å². The molecule has 0 bridgehead atoms. The monoisotopic (exact) mass is 688 g/mol. The third kappa shape index (κ3) is 7.42. The van der Waals surface area contributed by atoms with Gasteiger partial charge in [0.25, 0.3) is 20.0 Å². The standard InChI is InChI=1S/C35H32N2O9S2/c1-24-7-14-30(15-8-24)47(42,43)36(21-34(38)39)29-13-18-32(37(22-35(40)41)48(44,45)31-16-9-25(2)10-17-31)33(20-29)46-23-26-11-12-27-5-3-4-6-28(27)19-26/h3-20H,21-23H2,1-2H3,(H,38,39)(H,40,41). The molecule has 0 aliphatic heterocycles. The van der Waals surface area contributed by atoms with Gasteiger partial charge in [0.15, 0.2) is 0 Å². The third-order valence-corrected chi connectivity index (χ3v) is 11.0. The number of nitrogens with zero attached hydrogens (tertiary/aromatic N) is 2. The maximum atomic E-state index is 13.9. The second kappa shape index (κ2) is 13.8. The highest BCUT2D eigenvalue weighted by Gasteiger charge is 2.32. The largest absolute Gasteiger partial charge is 0.487 e.